The van der Waals surface area contributed by atoms with Crippen molar-refractivity contribution in [3.8, 4) is 0 Å². The van der Waals surface area contributed by atoms with Crippen molar-refractivity contribution in [3.05, 3.63) is 11.6 Å². The fourth-order valence-corrected chi connectivity index (χ4v) is 1.95. The van der Waals surface area contributed by atoms with Gasteiger partial charge in [-0.05, 0) is 12.8 Å². The SMILES string of the molecule is COCCc1nnc(CBr)n1C1CC1. The van der Waals surface area contributed by atoms with Gasteiger partial charge in [-0.1, -0.05) is 15.9 Å². The topological polar surface area (TPSA) is 39.9 Å². The average molecular weight is 260 g/mol. The van der Waals surface area contributed by atoms with Gasteiger partial charge in [-0.2, -0.15) is 0 Å². The number of hydrogen-bond donors (Lipinski definition) is 0. The monoisotopic (exact) mass is 259 g/mol. The molecule has 0 saturated heterocycles. The molecule has 0 aromatic carbocycles. The highest BCUT2D eigenvalue weighted by atomic mass is 79.9. The molecule has 2 rings (SSSR count). The molecule has 0 amide bonds. The minimum Gasteiger partial charge on any atom is -0.384 e. The van der Waals surface area contributed by atoms with Gasteiger partial charge in [0.15, 0.2) is 0 Å². The lowest BCUT2D eigenvalue weighted by Crippen LogP contribution is -2.07. The van der Waals surface area contributed by atoms with E-state index in [4.69, 9.17) is 4.74 Å². The number of ether oxygens (including phenoxy) is 1. The standard InChI is InChI=1S/C9H14BrN3O/c1-14-5-4-8-11-12-9(6-10)13(8)7-2-3-7/h7H,2-6H2,1H3. The molecule has 78 valence electrons. The Bertz CT molecular complexity index is 309. The maximum atomic E-state index is 5.05. The number of aromatic nitrogens is 3. The van der Waals surface area contributed by atoms with E-state index in [1.807, 2.05) is 0 Å². The van der Waals surface area contributed by atoms with Crippen LogP contribution < -0.4 is 0 Å². The average Bonchev–Trinajstić information content (AvgIpc) is 2.96. The van der Waals surface area contributed by atoms with Crippen molar-refractivity contribution in [1.82, 2.24) is 14.8 Å². The van der Waals surface area contributed by atoms with Gasteiger partial charge >= 0.3 is 0 Å². The zero-order valence-electron chi connectivity index (χ0n) is 8.24. The highest BCUT2D eigenvalue weighted by Crippen LogP contribution is 2.37. The highest BCUT2D eigenvalue weighted by molar-refractivity contribution is 9.08. The summed E-state index contributed by atoms with van der Waals surface area (Å²) in [7, 11) is 1.71. The molecule has 14 heavy (non-hydrogen) atoms. The summed E-state index contributed by atoms with van der Waals surface area (Å²) >= 11 is 3.43. The Morgan fingerprint density at radius 3 is 2.71 bits per heavy atom. The van der Waals surface area contributed by atoms with Gasteiger partial charge in [-0.3, -0.25) is 0 Å². The van der Waals surface area contributed by atoms with Crippen LogP contribution in [-0.4, -0.2) is 28.5 Å². The van der Waals surface area contributed by atoms with Gasteiger partial charge in [-0.15, -0.1) is 10.2 Å². The molecule has 1 aliphatic rings. The Hall–Kier alpha value is -0.420. The summed E-state index contributed by atoms with van der Waals surface area (Å²) in [6.45, 7) is 0.715. The first-order chi connectivity index (χ1) is 6.86. The van der Waals surface area contributed by atoms with E-state index in [-0.39, 0.29) is 0 Å². The number of methoxy groups -OCH3 is 1. The third kappa shape index (κ3) is 1.98. The summed E-state index contributed by atoms with van der Waals surface area (Å²) in [6, 6.07) is 0.643. The summed E-state index contributed by atoms with van der Waals surface area (Å²) in [5.74, 6) is 2.10. The van der Waals surface area contributed by atoms with E-state index in [2.05, 4.69) is 30.7 Å². The molecular formula is C9H14BrN3O. The van der Waals surface area contributed by atoms with E-state index in [0.29, 0.717) is 12.6 Å². The summed E-state index contributed by atoms with van der Waals surface area (Å²) in [5.41, 5.74) is 0. The number of nitrogens with zero attached hydrogens (tertiary/aromatic N) is 3. The summed E-state index contributed by atoms with van der Waals surface area (Å²) in [6.07, 6.45) is 3.38. The van der Waals surface area contributed by atoms with Gasteiger partial charge in [-0.25, -0.2) is 0 Å². The van der Waals surface area contributed by atoms with Crippen LogP contribution in [-0.2, 0) is 16.5 Å². The zero-order chi connectivity index (χ0) is 9.97. The predicted molar refractivity (Wildman–Crippen MR) is 56.5 cm³/mol. The van der Waals surface area contributed by atoms with Crippen LogP contribution >= 0.6 is 15.9 Å². The third-order valence-electron chi connectivity index (χ3n) is 2.40. The van der Waals surface area contributed by atoms with Crippen molar-refractivity contribution in [2.75, 3.05) is 13.7 Å². The summed E-state index contributed by atoms with van der Waals surface area (Å²) in [4.78, 5) is 0. The molecule has 4 nitrogen and oxygen atoms in total. The number of rotatable bonds is 5. The normalized spacial score (nSPS) is 16.1. The van der Waals surface area contributed by atoms with E-state index < -0.39 is 0 Å². The fourth-order valence-electron chi connectivity index (χ4n) is 1.57. The number of halogens is 1. The molecule has 1 saturated carbocycles. The lowest BCUT2D eigenvalue weighted by Gasteiger charge is -2.06. The van der Waals surface area contributed by atoms with Crippen molar-refractivity contribution < 1.29 is 4.74 Å². The van der Waals surface area contributed by atoms with Gasteiger partial charge in [0.05, 0.1) is 11.9 Å². The second-order valence-electron chi connectivity index (χ2n) is 3.51. The van der Waals surface area contributed by atoms with E-state index >= 15 is 0 Å². The summed E-state index contributed by atoms with van der Waals surface area (Å²) in [5, 5.41) is 9.13. The quantitative estimate of drug-likeness (QED) is 0.756. The van der Waals surface area contributed by atoms with Crippen LogP contribution in [0.1, 0.15) is 30.5 Å². The van der Waals surface area contributed by atoms with Crippen LogP contribution in [0.5, 0.6) is 0 Å². The highest BCUT2D eigenvalue weighted by Gasteiger charge is 2.28. The fraction of sp³-hybridized carbons (Fsp3) is 0.778. The molecule has 1 aromatic rings. The van der Waals surface area contributed by atoms with Crippen molar-refractivity contribution in [3.63, 3.8) is 0 Å². The number of alkyl halides is 1. The molecule has 1 heterocycles. The van der Waals surface area contributed by atoms with Crippen LogP contribution in [0.2, 0.25) is 0 Å². The van der Waals surface area contributed by atoms with Gasteiger partial charge < -0.3 is 9.30 Å². The van der Waals surface area contributed by atoms with E-state index in [1.165, 1.54) is 12.8 Å². The molecule has 1 aromatic heterocycles. The van der Waals surface area contributed by atoms with Crippen LogP contribution in [0.3, 0.4) is 0 Å². The molecule has 0 unspecified atom stereocenters. The van der Waals surface area contributed by atoms with Crippen molar-refractivity contribution >= 4 is 15.9 Å². The van der Waals surface area contributed by atoms with Crippen LogP contribution in [0.15, 0.2) is 0 Å². The molecule has 0 aliphatic heterocycles. The Morgan fingerprint density at radius 2 is 2.14 bits per heavy atom. The van der Waals surface area contributed by atoms with Crippen molar-refractivity contribution in [1.29, 1.82) is 0 Å². The molecule has 0 atom stereocenters. The second-order valence-corrected chi connectivity index (χ2v) is 4.07. The molecule has 5 heteroatoms. The number of hydrogen-bond acceptors (Lipinski definition) is 3. The molecular weight excluding hydrogens is 246 g/mol. The van der Waals surface area contributed by atoms with E-state index in [1.54, 1.807) is 7.11 Å². The van der Waals surface area contributed by atoms with E-state index in [9.17, 15) is 0 Å². The van der Waals surface area contributed by atoms with Crippen LogP contribution in [0.4, 0.5) is 0 Å². The third-order valence-corrected chi connectivity index (χ3v) is 2.90. The van der Waals surface area contributed by atoms with Gasteiger partial charge in [0, 0.05) is 19.6 Å². The summed E-state index contributed by atoms with van der Waals surface area (Å²) < 4.78 is 7.31. The van der Waals surface area contributed by atoms with Crippen LogP contribution in [0.25, 0.3) is 0 Å². The maximum absolute atomic E-state index is 5.05. The van der Waals surface area contributed by atoms with Gasteiger partial charge in [0.1, 0.15) is 11.6 Å². The van der Waals surface area contributed by atoms with Crippen LogP contribution in [0, 0.1) is 0 Å². The van der Waals surface area contributed by atoms with Crippen molar-refractivity contribution in [2.24, 2.45) is 0 Å². The lowest BCUT2D eigenvalue weighted by atomic mass is 10.4. The molecule has 0 N–H and O–H groups in total. The van der Waals surface area contributed by atoms with E-state index in [0.717, 1.165) is 23.4 Å². The molecule has 0 radical (unpaired) electrons. The Balaban J connectivity index is 2.16. The minimum atomic E-state index is 0.643. The van der Waals surface area contributed by atoms with Gasteiger partial charge in [0.25, 0.3) is 0 Å². The molecule has 0 bridgehead atoms. The largest absolute Gasteiger partial charge is 0.384 e. The maximum Gasteiger partial charge on any atom is 0.143 e. The minimum absolute atomic E-state index is 0.643. The Kier molecular flexibility index (Phi) is 3.18. The zero-order valence-corrected chi connectivity index (χ0v) is 9.83. The molecule has 0 spiro atoms. The molecule has 1 fully saturated rings. The first-order valence-electron chi connectivity index (χ1n) is 4.84. The first-order valence-corrected chi connectivity index (χ1v) is 5.96. The van der Waals surface area contributed by atoms with Gasteiger partial charge in [0.2, 0.25) is 0 Å². The molecule has 1 aliphatic carbocycles. The lowest BCUT2D eigenvalue weighted by molar-refractivity contribution is 0.199. The smallest absolute Gasteiger partial charge is 0.143 e. The van der Waals surface area contributed by atoms with Crippen molar-refractivity contribution in [2.45, 2.75) is 30.6 Å². The predicted octanol–water partition coefficient (Wildman–Crippen LogP) is 1.70. The Morgan fingerprint density at radius 1 is 1.43 bits per heavy atom. The second kappa shape index (κ2) is 4.40. The first kappa shape index (κ1) is 10.1. The Labute approximate surface area is 91.8 Å².